The second-order valence-electron chi connectivity index (χ2n) is 5.44. The minimum absolute atomic E-state index is 0.0735. The molecule has 0 unspecified atom stereocenters. The summed E-state index contributed by atoms with van der Waals surface area (Å²) in [5.41, 5.74) is 0.637. The first-order valence-electron chi connectivity index (χ1n) is 8.42. The number of hydrogen-bond donors (Lipinski definition) is 1. The molecule has 1 amide bonds. The van der Waals surface area contributed by atoms with Crippen LogP contribution in [0.1, 0.15) is 23.7 Å². The minimum atomic E-state index is -0.248. The summed E-state index contributed by atoms with van der Waals surface area (Å²) in [6.45, 7) is 2.38. The molecule has 6 heteroatoms. The Labute approximate surface area is 153 Å². The number of ketones is 1. The maximum Gasteiger partial charge on any atom is 0.258 e. The summed E-state index contributed by atoms with van der Waals surface area (Å²) in [6.07, 6.45) is 0.458. The van der Waals surface area contributed by atoms with Crippen molar-refractivity contribution in [3.63, 3.8) is 0 Å². The number of carbonyl (C=O) groups is 2. The van der Waals surface area contributed by atoms with Gasteiger partial charge in [0.1, 0.15) is 12.4 Å². The summed E-state index contributed by atoms with van der Waals surface area (Å²) < 4.78 is 16.2. The first-order valence-corrected chi connectivity index (χ1v) is 8.42. The monoisotopic (exact) mass is 357 g/mol. The van der Waals surface area contributed by atoms with Crippen molar-refractivity contribution < 1.29 is 23.8 Å². The van der Waals surface area contributed by atoms with E-state index in [0.29, 0.717) is 42.4 Å². The largest absolute Gasteiger partial charge is 0.493 e. The molecule has 2 aromatic rings. The van der Waals surface area contributed by atoms with Crippen LogP contribution in [0.4, 0.5) is 0 Å². The maximum absolute atomic E-state index is 11.8. The first kappa shape index (κ1) is 19.3. The fourth-order valence-electron chi connectivity index (χ4n) is 2.23. The lowest BCUT2D eigenvalue weighted by atomic mass is 10.1. The molecule has 0 saturated carbocycles. The fourth-order valence-corrected chi connectivity index (χ4v) is 2.23. The molecule has 0 aliphatic heterocycles. The Bertz CT molecular complexity index is 727. The van der Waals surface area contributed by atoms with Crippen LogP contribution in [-0.4, -0.2) is 38.6 Å². The Morgan fingerprint density at radius 3 is 2.31 bits per heavy atom. The van der Waals surface area contributed by atoms with Crippen LogP contribution in [-0.2, 0) is 4.79 Å². The highest BCUT2D eigenvalue weighted by molar-refractivity contribution is 5.95. The molecule has 0 saturated heterocycles. The van der Waals surface area contributed by atoms with E-state index in [1.807, 2.05) is 19.1 Å². The number of hydrogen-bond acceptors (Lipinski definition) is 5. The first-order chi connectivity index (χ1) is 12.6. The van der Waals surface area contributed by atoms with Crippen LogP contribution in [0.3, 0.4) is 0 Å². The van der Waals surface area contributed by atoms with Gasteiger partial charge in [-0.25, -0.2) is 0 Å². The average molecular weight is 357 g/mol. The van der Waals surface area contributed by atoms with Gasteiger partial charge in [-0.05, 0) is 36.4 Å². The molecule has 0 aliphatic carbocycles. The Morgan fingerprint density at radius 2 is 1.65 bits per heavy atom. The number of benzene rings is 2. The molecule has 0 heterocycles. The molecule has 0 bridgehead atoms. The Kier molecular flexibility index (Phi) is 7.49. The summed E-state index contributed by atoms with van der Waals surface area (Å²) in [4.78, 5) is 23.4. The van der Waals surface area contributed by atoms with Gasteiger partial charge in [-0.1, -0.05) is 19.1 Å². The summed E-state index contributed by atoms with van der Waals surface area (Å²) in [6, 6.07) is 14.1. The second kappa shape index (κ2) is 10.1. The molecule has 2 aromatic carbocycles. The predicted molar refractivity (Wildman–Crippen MR) is 98.1 cm³/mol. The molecular formula is C20H23NO5. The molecule has 0 atom stereocenters. The van der Waals surface area contributed by atoms with E-state index in [1.54, 1.807) is 43.5 Å². The summed E-state index contributed by atoms with van der Waals surface area (Å²) in [5.74, 6) is 1.64. The second-order valence-corrected chi connectivity index (χ2v) is 5.44. The van der Waals surface area contributed by atoms with E-state index in [0.717, 1.165) is 0 Å². The topological polar surface area (TPSA) is 73.9 Å². The Hall–Kier alpha value is -3.02. The highest BCUT2D eigenvalue weighted by atomic mass is 16.5. The lowest BCUT2D eigenvalue weighted by Gasteiger charge is -2.11. The summed E-state index contributed by atoms with van der Waals surface area (Å²) >= 11 is 0. The molecule has 0 aliphatic rings. The van der Waals surface area contributed by atoms with E-state index in [4.69, 9.17) is 14.2 Å². The third kappa shape index (κ3) is 5.81. The number of rotatable bonds is 10. The van der Waals surface area contributed by atoms with E-state index in [9.17, 15) is 9.59 Å². The van der Waals surface area contributed by atoms with Crippen molar-refractivity contribution in [3.05, 3.63) is 54.1 Å². The van der Waals surface area contributed by atoms with Crippen LogP contribution in [0.5, 0.6) is 17.2 Å². The Morgan fingerprint density at radius 1 is 0.962 bits per heavy atom. The predicted octanol–water partition coefficient (Wildman–Crippen LogP) is 2.86. The van der Waals surface area contributed by atoms with Crippen LogP contribution in [0.15, 0.2) is 48.5 Å². The average Bonchev–Trinajstić information content (AvgIpc) is 2.69. The molecule has 0 spiro atoms. The van der Waals surface area contributed by atoms with Crippen LogP contribution in [0.2, 0.25) is 0 Å². The number of para-hydroxylation sites is 2. The number of nitrogens with one attached hydrogen (secondary N) is 1. The van der Waals surface area contributed by atoms with E-state index in [2.05, 4.69) is 5.32 Å². The van der Waals surface area contributed by atoms with Gasteiger partial charge < -0.3 is 19.5 Å². The highest BCUT2D eigenvalue weighted by Gasteiger charge is 2.06. The zero-order valence-electron chi connectivity index (χ0n) is 15.0. The van der Waals surface area contributed by atoms with E-state index in [1.165, 1.54) is 0 Å². The van der Waals surface area contributed by atoms with Gasteiger partial charge in [-0.2, -0.15) is 0 Å². The standard InChI is InChI=1S/C20H23NO5/c1-3-17(22)15-8-10-16(11-9-15)26-14-20(23)21-12-13-25-19-7-5-4-6-18(19)24-2/h4-11H,3,12-14H2,1-2H3,(H,21,23). The van der Waals surface area contributed by atoms with E-state index >= 15 is 0 Å². The van der Waals surface area contributed by atoms with Crippen LogP contribution in [0.25, 0.3) is 0 Å². The van der Waals surface area contributed by atoms with Crippen molar-refractivity contribution in [3.8, 4) is 17.2 Å². The van der Waals surface area contributed by atoms with Crippen molar-refractivity contribution in [2.75, 3.05) is 26.9 Å². The van der Waals surface area contributed by atoms with Crippen molar-refractivity contribution in [1.29, 1.82) is 0 Å². The third-order valence-electron chi connectivity index (χ3n) is 3.62. The van der Waals surface area contributed by atoms with Crippen molar-refractivity contribution in [2.24, 2.45) is 0 Å². The summed E-state index contributed by atoms with van der Waals surface area (Å²) in [7, 11) is 1.58. The Balaban J connectivity index is 1.68. The molecular weight excluding hydrogens is 334 g/mol. The highest BCUT2D eigenvalue weighted by Crippen LogP contribution is 2.25. The quantitative estimate of drug-likeness (QED) is 0.523. The third-order valence-corrected chi connectivity index (χ3v) is 3.62. The van der Waals surface area contributed by atoms with Crippen LogP contribution < -0.4 is 19.5 Å². The van der Waals surface area contributed by atoms with Gasteiger partial charge in [0, 0.05) is 12.0 Å². The van der Waals surface area contributed by atoms with Gasteiger partial charge in [0.05, 0.1) is 13.7 Å². The molecule has 0 aromatic heterocycles. The molecule has 26 heavy (non-hydrogen) atoms. The number of methoxy groups -OCH3 is 1. The van der Waals surface area contributed by atoms with Crippen molar-refractivity contribution >= 4 is 11.7 Å². The van der Waals surface area contributed by atoms with Gasteiger partial charge in [-0.3, -0.25) is 9.59 Å². The maximum atomic E-state index is 11.8. The van der Waals surface area contributed by atoms with E-state index < -0.39 is 0 Å². The molecule has 138 valence electrons. The van der Waals surface area contributed by atoms with E-state index in [-0.39, 0.29) is 18.3 Å². The van der Waals surface area contributed by atoms with Gasteiger partial charge in [0.2, 0.25) is 0 Å². The lowest BCUT2D eigenvalue weighted by molar-refractivity contribution is -0.123. The van der Waals surface area contributed by atoms with Gasteiger partial charge in [-0.15, -0.1) is 0 Å². The molecule has 6 nitrogen and oxygen atoms in total. The molecule has 0 fully saturated rings. The fraction of sp³-hybridized carbons (Fsp3) is 0.300. The van der Waals surface area contributed by atoms with Gasteiger partial charge >= 0.3 is 0 Å². The zero-order valence-corrected chi connectivity index (χ0v) is 15.0. The lowest BCUT2D eigenvalue weighted by Crippen LogP contribution is -2.32. The minimum Gasteiger partial charge on any atom is -0.493 e. The smallest absolute Gasteiger partial charge is 0.258 e. The number of ether oxygens (including phenoxy) is 3. The normalized spacial score (nSPS) is 10.1. The van der Waals surface area contributed by atoms with Gasteiger partial charge in [0.25, 0.3) is 5.91 Å². The van der Waals surface area contributed by atoms with Crippen LogP contribution >= 0.6 is 0 Å². The van der Waals surface area contributed by atoms with Crippen LogP contribution in [0, 0.1) is 0 Å². The van der Waals surface area contributed by atoms with Crippen molar-refractivity contribution in [1.82, 2.24) is 5.32 Å². The number of carbonyl (C=O) groups excluding carboxylic acids is 2. The number of Topliss-reactive ketones (excluding diaryl/α,β-unsaturated/α-hetero) is 1. The van der Waals surface area contributed by atoms with Crippen molar-refractivity contribution in [2.45, 2.75) is 13.3 Å². The SMILES string of the molecule is CCC(=O)c1ccc(OCC(=O)NCCOc2ccccc2OC)cc1. The summed E-state index contributed by atoms with van der Waals surface area (Å²) in [5, 5.41) is 2.72. The molecule has 2 rings (SSSR count). The molecule has 1 N–H and O–H groups in total. The number of amides is 1. The van der Waals surface area contributed by atoms with Gasteiger partial charge in [0.15, 0.2) is 23.9 Å². The molecule has 0 radical (unpaired) electrons. The zero-order chi connectivity index (χ0) is 18.8.